The van der Waals surface area contributed by atoms with Gasteiger partial charge in [0.15, 0.2) is 0 Å². The molecule has 0 fully saturated rings. The van der Waals surface area contributed by atoms with Crippen LogP contribution in [0, 0.1) is 17.2 Å². The SMILES string of the molecule is CC(C[C@H](C#N)c1cccc(Oc2ccc(Br)cc2)c1)C(C(=O)O)c1ccc(OC(F)F)cc1. The summed E-state index contributed by atoms with van der Waals surface area (Å²) in [5, 5.41) is 19.7. The summed E-state index contributed by atoms with van der Waals surface area (Å²) in [4.78, 5) is 12.0. The normalized spacial score (nSPS) is 13.5. The summed E-state index contributed by atoms with van der Waals surface area (Å²) in [5.41, 5.74) is 1.17. The Morgan fingerprint density at radius 3 is 2.24 bits per heavy atom. The molecule has 0 aliphatic carbocycles. The van der Waals surface area contributed by atoms with E-state index < -0.39 is 30.3 Å². The van der Waals surface area contributed by atoms with Crippen LogP contribution in [0.5, 0.6) is 17.2 Å². The van der Waals surface area contributed by atoms with E-state index in [9.17, 15) is 23.9 Å². The molecule has 3 rings (SSSR count). The molecule has 0 bridgehead atoms. The van der Waals surface area contributed by atoms with Crippen LogP contribution in [0.2, 0.25) is 0 Å². The Kier molecular flexibility index (Phi) is 8.61. The first-order valence-electron chi connectivity index (χ1n) is 10.5. The quantitative estimate of drug-likeness (QED) is 0.297. The largest absolute Gasteiger partial charge is 0.481 e. The van der Waals surface area contributed by atoms with Gasteiger partial charge in [0.05, 0.1) is 17.9 Å². The third-order valence-electron chi connectivity index (χ3n) is 5.37. The van der Waals surface area contributed by atoms with Crippen molar-refractivity contribution >= 4 is 21.9 Å². The third kappa shape index (κ3) is 6.78. The standard InChI is InChI=1S/C26H22BrF2NO4/c1-16(24(25(31)32)17-5-9-22(10-6-17)34-26(28)29)13-19(15-30)18-3-2-4-23(14-18)33-21-11-7-20(27)8-12-21/h2-12,14,16,19,24,26H,13H2,1H3,(H,31,32)/t16?,19-,24?/m1/s1. The molecule has 0 radical (unpaired) electrons. The van der Waals surface area contributed by atoms with Crippen LogP contribution in [0.1, 0.15) is 36.3 Å². The smallest absolute Gasteiger partial charge is 0.387 e. The number of aliphatic carboxylic acids is 1. The predicted octanol–water partition coefficient (Wildman–Crippen LogP) is 7.34. The van der Waals surface area contributed by atoms with Gasteiger partial charge in [0, 0.05) is 4.47 Å². The highest BCUT2D eigenvalue weighted by Gasteiger charge is 2.29. The van der Waals surface area contributed by atoms with Crippen LogP contribution in [0.4, 0.5) is 8.78 Å². The number of alkyl halides is 2. The summed E-state index contributed by atoms with van der Waals surface area (Å²) in [5.74, 6) is -1.79. The zero-order valence-electron chi connectivity index (χ0n) is 18.2. The number of carbonyl (C=O) groups is 1. The van der Waals surface area contributed by atoms with E-state index in [0.29, 0.717) is 22.6 Å². The van der Waals surface area contributed by atoms with Crippen LogP contribution in [-0.4, -0.2) is 17.7 Å². The minimum absolute atomic E-state index is 0.0481. The number of benzene rings is 3. The fourth-order valence-corrected chi connectivity index (χ4v) is 4.04. The van der Waals surface area contributed by atoms with E-state index in [1.54, 1.807) is 31.2 Å². The first-order valence-corrected chi connectivity index (χ1v) is 11.3. The van der Waals surface area contributed by atoms with Crippen molar-refractivity contribution < 1.29 is 28.2 Å². The number of hydrogen-bond donors (Lipinski definition) is 1. The maximum absolute atomic E-state index is 12.4. The van der Waals surface area contributed by atoms with Crippen LogP contribution >= 0.6 is 15.9 Å². The van der Waals surface area contributed by atoms with E-state index in [-0.39, 0.29) is 12.2 Å². The van der Waals surface area contributed by atoms with Crippen molar-refractivity contribution in [2.75, 3.05) is 0 Å². The number of rotatable bonds is 10. The molecule has 3 aromatic rings. The summed E-state index contributed by atoms with van der Waals surface area (Å²) in [6.45, 7) is -1.20. The first-order chi connectivity index (χ1) is 16.3. The summed E-state index contributed by atoms with van der Waals surface area (Å²) in [7, 11) is 0. The molecule has 2 unspecified atom stereocenters. The van der Waals surface area contributed by atoms with Gasteiger partial charge in [-0.3, -0.25) is 4.79 Å². The maximum Gasteiger partial charge on any atom is 0.387 e. The highest BCUT2D eigenvalue weighted by atomic mass is 79.9. The fourth-order valence-electron chi connectivity index (χ4n) is 3.78. The number of carboxylic acid groups (broad SMARTS) is 1. The van der Waals surface area contributed by atoms with Gasteiger partial charge in [-0.05, 0) is 72.0 Å². The summed E-state index contributed by atoms with van der Waals surface area (Å²) in [6, 6.07) is 22.3. The highest BCUT2D eigenvalue weighted by Crippen LogP contribution is 2.35. The van der Waals surface area contributed by atoms with E-state index in [1.165, 1.54) is 24.3 Å². The number of carboxylic acids is 1. The van der Waals surface area contributed by atoms with Crippen molar-refractivity contribution in [1.82, 2.24) is 0 Å². The number of nitriles is 1. The Morgan fingerprint density at radius 2 is 1.65 bits per heavy atom. The molecule has 176 valence electrons. The van der Waals surface area contributed by atoms with Gasteiger partial charge in [-0.2, -0.15) is 14.0 Å². The fraction of sp³-hybridized carbons (Fsp3) is 0.231. The molecule has 0 aliphatic heterocycles. The molecule has 1 N–H and O–H groups in total. The van der Waals surface area contributed by atoms with E-state index >= 15 is 0 Å². The van der Waals surface area contributed by atoms with Crippen LogP contribution in [0.15, 0.2) is 77.3 Å². The lowest BCUT2D eigenvalue weighted by Crippen LogP contribution is -2.21. The summed E-state index contributed by atoms with van der Waals surface area (Å²) >= 11 is 3.38. The van der Waals surface area contributed by atoms with Crippen LogP contribution in [0.3, 0.4) is 0 Å². The van der Waals surface area contributed by atoms with E-state index in [2.05, 4.69) is 26.7 Å². The highest BCUT2D eigenvalue weighted by molar-refractivity contribution is 9.10. The Hall–Kier alpha value is -3.44. The van der Waals surface area contributed by atoms with Crippen molar-refractivity contribution in [2.45, 2.75) is 31.8 Å². The first kappa shape index (κ1) is 25.2. The lowest BCUT2D eigenvalue weighted by molar-refractivity contribution is -0.140. The average molecular weight is 530 g/mol. The Balaban J connectivity index is 1.75. The third-order valence-corrected chi connectivity index (χ3v) is 5.90. The second kappa shape index (κ2) is 11.6. The van der Waals surface area contributed by atoms with Gasteiger partial charge >= 0.3 is 12.6 Å². The van der Waals surface area contributed by atoms with Gasteiger partial charge in [0.25, 0.3) is 0 Å². The Labute approximate surface area is 204 Å². The average Bonchev–Trinajstić information content (AvgIpc) is 2.80. The number of halogens is 3. The Morgan fingerprint density at radius 1 is 1.00 bits per heavy atom. The molecule has 0 heterocycles. The molecule has 3 aromatic carbocycles. The van der Waals surface area contributed by atoms with Crippen LogP contribution < -0.4 is 9.47 Å². The number of hydrogen-bond acceptors (Lipinski definition) is 4. The molecule has 0 spiro atoms. The van der Waals surface area contributed by atoms with Gasteiger partial charge in [-0.1, -0.05) is 47.1 Å². The van der Waals surface area contributed by atoms with Gasteiger partial charge in [0.1, 0.15) is 17.2 Å². The topological polar surface area (TPSA) is 79.5 Å². The molecule has 0 saturated heterocycles. The molecule has 3 atom stereocenters. The van der Waals surface area contributed by atoms with E-state index in [4.69, 9.17) is 4.74 Å². The van der Waals surface area contributed by atoms with E-state index in [0.717, 1.165) is 4.47 Å². The molecule has 0 aromatic heterocycles. The van der Waals surface area contributed by atoms with Gasteiger partial charge in [0.2, 0.25) is 0 Å². The van der Waals surface area contributed by atoms with Crippen LogP contribution in [0.25, 0.3) is 0 Å². The maximum atomic E-state index is 12.4. The molecular weight excluding hydrogens is 508 g/mol. The zero-order valence-corrected chi connectivity index (χ0v) is 19.8. The summed E-state index contributed by atoms with van der Waals surface area (Å²) in [6.07, 6.45) is 0.282. The molecular formula is C26H22BrF2NO4. The second-order valence-electron chi connectivity index (χ2n) is 7.79. The molecule has 0 aliphatic rings. The zero-order chi connectivity index (χ0) is 24.7. The van der Waals surface area contributed by atoms with Gasteiger partial charge in [-0.15, -0.1) is 0 Å². The molecule has 5 nitrogen and oxygen atoms in total. The molecule has 34 heavy (non-hydrogen) atoms. The van der Waals surface area contributed by atoms with Gasteiger partial charge < -0.3 is 14.6 Å². The molecule has 8 heteroatoms. The van der Waals surface area contributed by atoms with Gasteiger partial charge in [-0.25, -0.2) is 0 Å². The summed E-state index contributed by atoms with van der Waals surface area (Å²) < 4.78 is 35.9. The molecule has 0 saturated carbocycles. The van der Waals surface area contributed by atoms with Crippen molar-refractivity contribution in [3.63, 3.8) is 0 Å². The minimum atomic E-state index is -2.96. The van der Waals surface area contributed by atoms with Crippen LogP contribution in [-0.2, 0) is 4.79 Å². The monoisotopic (exact) mass is 529 g/mol. The van der Waals surface area contributed by atoms with Crippen molar-refractivity contribution in [3.8, 4) is 23.3 Å². The molecule has 0 amide bonds. The predicted molar refractivity (Wildman–Crippen MR) is 126 cm³/mol. The second-order valence-corrected chi connectivity index (χ2v) is 8.70. The van der Waals surface area contributed by atoms with Crippen molar-refractivity contribution in [1.29, 1.82) is 5.26 Å². The number of nitrogens with zero attached hydrogens (tertiary/aromatic N) is 1. The van der Waals surface area contributed by atoms with Crippen molar-refractivity contribution in [3.05, 3.63) is 88.4 Å². The van der Waals surface area contributed by atoms with E-state index in [1.807, 2.05) is 24.3 Å². The lowest BCUT2D eigenvalue weighted by Gasteiger charge is -2.23. The lowest BCUT2D eigenvalue weighted by atomic mass is 9.80. The van der Waals surface area contributed by atoms with Crippen molar-refractivity contribution in [2.24, 2.45) is 5.92 Å². The minimum Gasteiger partial charge on any atom is -0.481 e. The Bertz CT molecular complexity index is 1150. The number of ether oxygens (including phenoxy) is 2.